The number of nitrogens with two attached hydrogens (primary N) is 1. The first-order valence-electron chi connectivity index (χ1n) is 21.7. The quantitative estimate of drug-likeness (QED) is 0.115. The smallest absolute Gasteiger partial charge is 0.131 e. The van der Waals surface area contributed by atoms with E-state index in [0.29, 0.717) is 12.3 Å². The maximum atomic E-state index is 6.86. The van der Waals surface area contributed by atoms with Crippen LogP contribution in [0.1, 0.15) is 38.9 Å². The predicted octanol–water partition coefficient (Wildman–Crippen LogP) is 14.7. The fourth-order valence-electron chi connectivity index (χ4n) is 10.0. The highest BCUT2D eigenvalue weighted by Gasteiger charge is 2.46. The molecule has 0 heterocycles. The Bertz CT molecular complexity index is 3320. The van der Waals surface area contributed by atoms with E-state index in [1.165, 1.54) is 72.0 Å². The molecule has 0 bridgehead atoms. The molecule has 1 aliphatic rings. The van der Waals surface area contributed by atoms with Gasteiger partial charge in [0.25, 0.3) is 0 Å². The lowest BCUT2D eigenvalue weighted by molar-refractivity contribution is 0.768. The number of benzene rings is 10. The molecule has 2 N–H and O–H groups in total. The summed E-state index contributed by atoms with van der Waals surface area (Å²) in [4.78, 5) is 5.24. The Balaban J connectivity index is 1.06. The topological polar surface area (TPSA) is 38.4 Å². The van der Waals surface area contributed by atoms with Gasteiger partial charge in [0.1, 0.15) is 5.84 Å². The van der Waals surface area contributed by atoms with Crippen LogP contribution in [-0.2, 0) is 11.8 Å². The van der Waals surface area contributed by atoms with Crippen molar-refractivity contribution >= 4 is 33.1 Å². The maximum absolute atomic E-state index is 6.86. The number of rotatable bonds is 9. The minimum absolute atomic E-state index is 0.443. The summed E-state index contributed by atoms with van der Waals surface area (Å²) >= 11 is 0. The maximum Gasteiger partial charge on any atom is 0.131 e. The third kappa shape index (κ3) is 6.56. The zero-order chi connectivity index (χ0) is 42.2. The first-order valence-corrected chi connectivity index (χ1v) is 21.7. The van der Waals surface area contributed by atoms with Gasteiger partial charge in [0, 0.05) is 11.1 Å². The first kappa shape index (κ1) is 37.9. The fraction of sp³-hybridized carbons (Fsp3) is 0.0328. The van der Waals surface area contributed by atoms with Crippen LogP contribution >= 0.6 is 0 Å². The summed E-state index contributed by atoms with van der Waals surface area (Å²) in [5, 5.41) is 4.75. The summed E-state index contributed by atoms with van der Waals surface area (Å²) in [6.07, 6.45) is 2.92. The van der Waals surface area contributed by atoms with Crippen molar-refractivity contribution in [3.8, 4) is 33.4 Å². The molecule has 298 valence electrons. The monoisotopic (exact) mass is 804 g/mol. The Morgan fingerprint density at radius 3 is 1.76 bits per heavy atom. The zero-order valence-corrected chi connectivity index (χ0v) is 34.8. The van der Waals surface area contributed by atoms with Crippen molar-refractivity contribution in [2.45, 2.75) is 11.8 Å². The minimum Gasteiger partial charge on any atom is -0.383 e. The van der Waals surface area contributed by atoms with E-state index in [4.69, 9.17) is 10.7 Å². The molecule has 0 radical (unpaired) electrons. The molecule has 10 aromatic carbocycles. The van der Waals surface area contributed by atoms with Gasteiger partial charge in [-0.3, -0.25) is 0 Å². The molecule has 0 aliphatic heterocycles. The van der Waals surface area contributed by atoms with E-state index in [0.717, 1.165) is 27.6 Å². The molecule has 63 heavy (non-hydrogen) atoms. The van der Waals surface area contributed by atoms with Gasteiger partial charge in [-0.05, 0) is 95.2 Å². The van der Waals surface area contributed by atoms with E-state index in [-0.39, 0.29) is 0 Å². The molecule has 1 aliphatic carbocycles. The van der Waals surface area contributed by atoms with E-state index in [1.54, 1.807) is 0 Å². The number of allylic oxidation sites excluding steroid dienone is 1. The van der Waals surface area contributed by atoms with Crippen molar-refractivity contribution in [2.75, 3.05) is 0 Å². The van der Waals surface area contributed by atoms with Crippen LogP contribution in [0.3, 0.4) is 0 Å². The largest absolute Gasteiger partial charge is 0.383 e. The molecule has 10 aromatic rings. The second-order valence-electron chi connectivity index (χ2n) is 16.3. The van der Waals surface area contributed by atoms with Crippen LogP contribution in [0.15, 0.2) is 248 Å². The molecule has 0 atom stereocenters. The Hall–Kier alpha value is -8.07. The number of fused-ring (bicyclic) bond motifs is 5. The molecule has 0 saturated carbocycles. The Morgan fingerprint density at radius 1 is 0.429 bits per heavy atom. The van der Waals surface area contributed by atoms with E-state index in [2.05, 4.69) is 212 Å². The summed E-state index contributed by atoms with van der Waals surface area (Å²) in [6, 6.07) is 85.2. The van der Waals surface area contributed by atoms with E-state index >= 15 is 0 Å². The van der Waals surface area contributed by atoms with Crippen molar-refractivity contribution in [2.24, 2.45) is 10.7 Å². The Morgan fingerprint density at radius 2 is 1.00 bits per heavy atom. The lowest BCUT2D eigenvalue weighted by Crippen LogP contribution is -2.28. The Labute approximate surface area is 369 Å². The molecule has 0 unspecified atom stereocenters. The minimum atomic E-state index is -0.443. The SMILES string of the molecule is NC(=N/C(=C\Cc1ccccc1-c1cccc2ccccc12)c1ccc(-c2ccc3c(c2)-c2ccccc2C3(c2ccccc2)c2ccccc2)c2ccccc12)c1ccccc1. The molecule has 0 spiro atoms. The average molecular weight is 805 g/mol. The molecule has 11 rings (SSSR count). The number of amidine groups is 1. The number of aliphatic imine (C=N–C) groups is 1. The van der Waals surface area contributed by atoms with Crippen molar-refractivity contribution in [3.05, 3.63) is 282 Å². The van der Waals surface area contributed by atoms with Crippen LogP contribution in [0.2, 0.25) is 0 Å². The summed E-state index contributed by atoms with van der Waals surface area (Å²) in [7, 11) is 0. The lowest BCUT2D eigenvalue weighted by Gasteiger charge is -2.33. The van der Waals surface area contributed by atoms with Crippen molar-refractivity contribution < 1.29 is 0 Å². The van der Waals surface area contributed by atoms with Crippen LogP contribution in [0.25, 0.3) is 60.6 Å². The highest BCUT2D eigenvalue weighted by molar-refractivity contribution is 6.06. The van der Waals surface area contributed by atoms with Crippen molar-refractivity contribution in [1.29, 1.82) is 0 Å². The molecular formula is C61H44N2. The van der Waals surface area contributed by atoms with Gasteiger partial charge >= 0.3 is 0 Å². The van der Waals surface area contributed by atoms with Gasteiger partial charge in [-0.1, -0.05) is 237 Å². The molecule has 0 fully saturated rings. The zero-order valence-electron chi connectivity index (χ0n) is 34.8. The van der Waals surface area contributed by atoms with E-state index in [1.807, 2.05) is 30.3 Å². The van der Waals surface area contributed by atoms with Crippen LogP contribution in [0, 0.1) is 0 Å². The molecule has 0 aromatic heterocycles. The third-order valence-corrected chi connectivity index (χ3v) is 12.9. The summed E-state index contributed by atoms with van der Waals surface area (Å²) < 4.78 is 0. The number of nitrogens with zero attached hydrogens (tertiary/aromatic N) is 1. The molecular weight excluding hydrogens is 761 g/mol. The van der Waals surface area contributed by atoms with E-state index < -0.39 is 5.41 Å². The fourth-order valence-corrected chi connectivity index (χ4v) is 10.0. The highest BCUT2D eigenvalue weighted by atomic mass is 14.9. The molecule has 0 saturated heterocycles. The summed E-state index contributed by atoms with van der Waals surface area (Å²) in [5.41, 5.74) is 22.8. The van der Waals surface area contributed by atoms with Crippen LogP contribution in [0.5, 0.6) is 0 Å². The van der Waals surface area contributed by atoms with Gasteiger partial charge < -0.3 is 5.73 Å². The van der Waals surface area contributed by atoms with Gasteiger partial charge in [0.05, 0.1) is 11.1 Å². The van der Waals surface area contributed by atoms with Crippen molar-refractivity contribution in [1.82, 2.24) is 0 Å². The first-order chi connectivity index (χ1) is 31.2. The second-order valence-corrected chi connectivity index (χ2v) is 16.3. The van der Waals surface area contributed by atoms with E-state index in [9.17, 15) is 0 Å². The van der Waals surface area contributed by atoms with Gasteiger partial charge in [-0.15, -0.1) is 0 Å². The van der Waals surface area contributed by atoms with Gasteiger partial charge in [-0.25, -0.2) is 4.99 Å². The third-order valence-electron chi connectivity index (χ3n) is 12.9. The molecule has 0 amide bonds. The van der Waals surface area contributed by atoms with Crippen molar-refractivity contribution in [3.63, 3.8) is 0 Å². The Kier molecular flexibility index (Phi) is 9.67. The average Bonchev–Trinajstić information content (AvgIpc) is 3.66. The van der Waals surface area contributed by atoms with Crippen LogP contribution in [-0.4, -0.2) is 5.84 Å². The van der Waals surface area contributed by atoms with Gasteiger partial charge in [-0.2, -0.15) is 0 Å². The molecule has 2 nitrogen and oxygen atoms in total. The predicted molar refractivity (Wildman–Crippen MR) is 265 cm³/mol. The van der Waals surface area contributed by atoms with Gasteiger partial charge in [0.2, 0.25) is 0 Å². The highest BCUT2D eigenvalue weighted by Crippen LogP contribution is 2.56. The lowest BCUT2D eigenvalue weighted by atomic mass is 9.67. The normalized spacial score (nSPS) is 13.2. The number of hydrogen-bond acceptors (Lipinski definition) is 1. The standard InChI is InChI=1S/C61H44N2/c62-60(44-21-4-1-5-22-44)63-59(40-36-43-20-11-13-29-49(43)51-33-18-23-42-19-10-12-28-48(42)51)55-38-37-50(52-30-14-15-31-53(52)55)45-35-39-58-56(41-45)54-32-16-17-34-57(54)61(58,46-24-6-2-7-25-46)47-26-8-3-9-27-47/h1-35,37-41H,36H2,(H2,62,63)/b59-40-. The van der Waals surface area contributed by atoms with Crippen LogP contribution in [0.4, 0.5) is 0 Å². The van der Waals surface area contributed by atoms with Crippen LogP contribution < -0.4 is 5.73 Å². The summed E-state index contributed by atoms with van der Waals surface area (Å²) in [6.45, 7) is 0. The molecule has 2 heteroatoms. The second kappa shape index (κ2) is 16.1. The number of hydrogen-bond donors (Lipinski definition) is 1. The van der Waals surface area contributed by atoms with Gasteiger partial charge in [0.15, 0.2) is 0 Å². The summed E-state index contributed by atoms with van der Waals surface area (Å²) in [5.74, 6) is 0.481.